The monoisotopic (exact) mass is 320 g/mol. The summed E-state index contributed by atoms with van der Waals surface area (Å²) in [6, 6.07) is 17.2. The van der Waals surface area contributed by atoms with Gasteiger partial charge in [-0.2, -0.15) is 0 Å². The van der Waals surface area contributed by atoms with Crippen molar-refractivity contribution in [1.82, 2.24) is 10.3 Å². The molecule has 1 atom stereocenters. The van der Waals surface area contributed by atoms with Crippen molar-refractivity contribution in [2.24, 2.45) is 0 Å². The topological polar surface area (TPSA) is 42.0 Å². The predicted molar refractivity (Wildman–Crippen MR) is 92.0 cm³/mol. The Balaban J connectivity index is 1.70. The van der Waals surface area contributed by atoms with Crippen LogP contribution in [0.1, 0.15) is 28.9 Å². The molecule has 2 aromatic carbocycles. The van der Waals surface area contributed by atoms with E-state index in [2.05, 4.69) is 10.3 Å². The van der Waals surface area contributed by atoms with Crippen LogP contribution in [0.3, 0.4) is 0 Å². The first kappa shape index (κ1) is 15.9. The van der Waals surface area contributed by atoms with E-state index >= 15 is 0 Å². The zero-order valence-electron chi connectivity index (χ0n) is 13.2. The smallest absolute Gasteiger partial charge is 0.251 e. The zero-order valence-corrected chi connectivity index (χ0v) is 13.2. The lowest BCUT2D eigenvalue weighted by atomic mass is 10.0. The maximum Gasteiger partial charge on any atom is 0.251 e. The zero-order chi connectivity index (χ0) is 16.9. The van der Waals surface area contributed by atoms with Crippen LogP contribution in [-0.4, -0.2) is 10.9 Å². The van der Waals surface area contributed by atoms with Crippen molar-refractivity contribution >= 4 is 5.91 Å². The summed E-state index contributed by atoms with van der Waals surface area (Å²) in [5.41, 5.74) is 3.53. The molecule has 0 fully saturated rings. The molecule has 1 N–H and O–H groups in total. The highest BCUT2D eigenvalue weighted by molar-refractivity contribution is 5.94. The Morgan fingerprint density at radius 2 is 1.50 bits per heavy atom. The molecule has 120 valence electrons. The molecule has 0 aliphatic heterocycles. The van der Waals surface area contributed by atoms with Crippen molar-refractivity contribution in [1.29, 1.82) is 0 Å². The van der Waals surface area contributed by atoms with Crippen molar-refractivity contribution in [2.75, 3.05) is 0 Å². The standard InChI is InChI=1S/C20H17FN2O/c1-14(15-6-8-19(21)9-7-15)23-20(24)18-4-2-16(3-5-18)17-10-12-22-13-11-17/h2-14H,1H3,(H,23,24). The first-order chi connectivity index (χ1) is 11.6. The molecule has 3 rings (SSSR count). The first-order valence-electron chi connectivity index (χ1n) is 7.70. The third kappa shape index (κ3) is 3.66. The van der Waals surface area contributed by atoms with Crippen LogP contribution in [0.2, 0.25) is 0 Å². The number of benzene rings is 2. The van der Waals surface area contributed by atoms with Gasteiger partial charge in [0.2, 0.25) is 0 Å². The van der Waals surface area contributed by atoms with Crippen LogP contribution >= 0.6 is 0 Å². The van der Waals surface area contributed by atoms with Crippen molar-refractivity contribution in [3.63, 3.8) is 0 Å². The van der Waals surface area contributed by atoms with E-state index in [-0.39, 0.29) is 17.8 Å². The highest BCUT2D eigenvalue weighted by Crippen LogP contribution is 2.19. The van der Waals surface area contributed by atoms with Gasteiger partial charge in [-0.15, -0.1) is 0 Å². The molecule has 24 heavy (non-hydrogen) atoms. The molecule has 1 unspecified atom stereocenters. The largest absolute Gasteiger partial charge is 0.346 e. The summed E-state index contributed by atoms with van der Waals surface area (Å²) in [6.07, 6.45) is 3.47. The molecule has 0 saturated heterocycles. The van der Waals surface area contributed by atoms with Crippen molar-refractivity contribution in [2.45, 2.75) is 13.0 Å². The second-order valence-electron chi connectivity index (χ2n) is 5.56. The number of aromatic nitrogens is 1. The molecule has 0 aliphatic rings. The van der Waals surface area contributed by atoms with Crippen molar-refractivity contribution in [3.8, 4) is 11.1 Å². The van der Waals surface area contributed by atoms with E-state index in [1.54, 1.807) is 36.7 Å². The highest BCUT2D eigenvalue weighted by Gasteiger charge is 2.11. The molecular weight excluding hydrogens is 303 g/mol. The quantitative estimate of drug-likeness (QED) is 0.775. The molecule has 4 heteroatoms. The molecule has 0 saturated carbocycles. The number of halogens is 1. The fraction of sp³-hybridized carbons (Fsp3) is 0.100. The van der Waals surface area contributed by atoms with Gasteiger partial charge in [0.05, 0.1) is 6.04 Å². The van der Waals surface area contributed by atoms with Crippen LogP contribution in [0.15, 0.2) is 73.1 Å². The summed E-state index contributed by atoms with van der Waals surface area (Å²) in [5, 5.41) is 2.92. The van der Waals surface area contributed by atoms with Crippen LogP contribution in [0, 0.1) is 5.82 Å². The summed E-state index contributed by atoms with van der Waals surface area (Å²) in [5.74, 6) is -0.447. The number of carbonyl (C=O) groups is 1. The molecule has 0 aliphatic carbocycles. The molecule has 0 spiro atoms. The van der Waals surface area contributed by atoms with Crippen LogP contribution < -0.4 is 5.32 Å². The minimum atomic E-state index is -0.288. The van der Waals surface area contributed by atoms with Crippen LogP contribution in [0.5, 0.6) is 0 Å². The van der Waals surface area contributed by atoms with Crippen LogP contribution in [0.25, 0.3) is 11.1 Å². The number of pyridine rings is 1. The molecule has 3 aromatic rings. The third-order valence-corrected chi connectivity index (χ3v) is 3.88. The SMILES string of the molecule is CC(NC(=O)c1ccc(-c2ccncc2)cc1)c1ccc(F)cc1. The Bertz CT molecular complexity index is 815. The fourth-order valence-electron chi connectivity index (χ4n) is 2.47. The number of rotatable bonds is 4. The van der Waals surface area contributed by atoms with Gasteiger partial charge in [-0.1, -0.05) is 24.3 Å². The van der Waals surface area contributed by atoms with E-state index in [1.165, 1.54) is 12.1 Å². The van der Waals surface area contributed by atoms with Gasteiger partial charge < -0.3 is 5.32 Å². The lowest BCUT2D eigenvalue weighted by molar-refractivity contribution is 0.0940. The second-order valence-corrected chi connectivity index (χ2v) is 5.56. The normalized spacial score (nSPS) is 11.8. The third-order valence-electron chi connectivity index (χ3n) is 3.88. The van der Waals surface area contributed by atoms with Crippen LogP contribution in [-0.2, 0) is 0 Å². The summed E-state index contributed by atoms with van der Waals surface area (Å²) in [4.78, 5) is 16.3. The summed E-state index contributed by atoms with van der Waals surface area (Å²) < 4.78 is 13.0. The Morgan fingerprint density at radius 1 is 0.917 bits per heavy atom. The summed E-state index contributed by atoms with van der Waals surface area (Å²) in [7, 11) is 0. The van der Waals surface area contributed by atoms with Gasteiger partial charge in [0.15, 0.2) is 0 Å². The van der Waals surface area contributed by atoms with E-state index in [4.69, 9.17) is 0 Å². The number of carbonyl (C=O) groups excluding carboxylic acids is 1. The van der Waals surface area contributed by atoms with Gasteiger partial charge in [-0.05, 0) is 60.0 Å². The molecule has 1 amide bonds. The lowest BCUT2D eigenvalue weighted by Gasteiger charge is -2.14. The number of hydrogen-bond acceptors (Lipinski definition) is 2. The Labute approximate surface area is 140 Å². The fourth-order valence-corrected chi connectivity index (χ4v) is 2.47. The van der Waals surface area contributed by atoms with Gasteiger partial charge in [-0.3, -0.25) is 9.78 Å². The molecule has 3 nitrogen and oxygen atoms in total. The van der Waals surface area contributed by atoms with E-state index in [1.807, 2.05) is 31.2 Å². The van der Waals surface area contributed by atoms with E-state index < -0.39 is 0 Å². The Kier molecular flexibility index (Phi) is 4.66. The van der Waals surface area contributed by atoms with Gasteiger partial charge in [-0.25, -0.2) is 4.39 Å². The van der Waals surface area contributed by atoms with E-state index in [0.29, 0.717) is 5.56 Å². The number of hydrogen-bond donors (Lipinski definition) is 1. The molecule has 0 bridgehead atoms. The number of amides is 1. The van der Waals surface area contributed by atoms with Gasteiger partial charge >= 0.3 is 0 Å². The van der Waals surface area contributed by atoms with Crippen LogP contribution in [0.4, 0.5) is 4.39 Å². The van der Waals surface area contributed by atoms with Gasteiger partial charge in [0, 0.05) is 18.0 Å². The Hall–Kier alpha value is -3.01. The summed E-state index contributed by atoms with van der Waals surface area (Å²) in [6.45, 7) is 1.87. The van der Waals surface area contributed by atoms with Gasteiger partial charge in [0.1, 0.15) is 5.82 Å². The first-order valence-corrected chi connectivity index (χ1v) is 7.70. The molecule has 1 aromatic heterocycles. The number of nitrogens with zero attached hydrogens (tertiary/aromatic N) is 1. The minimum absolute atomic E-state index is 0.159. The number of nitrogens with one attached hydrogen (secondary N) is 1. The molecule has 1 heterocycles. The second kappa shape index (κ2) is 7.04. The lowest BCUT2D eigenvalue weighted by Crippen LogP contribution is -2.26. The van der Waals surface area contributed by atoms with Crippen molar-refractivity contribution < 1.29 is 9.18 Å². The average Bonchev–Trinajstić information content (AvgIpc) is 2.63. The van der Waals surface area contributed by atoms with E-state index in [0.717, 1.165) is 16.7 Å². The van der Waals surface area contributed by atoms with E-state index in [9.17, 15) is 9.18 Å². The molecular formula is C20H17FN2O. The Morgan fingerprint density at radius 3 is 2.12 bits per heavy atom. The average molecular weight is 320 g/mol. The maximum absolute atomic E-state index is 13.0. The van der Waals surface area contributed by atoms with Gasteiger partial charge in [0.25, 0.3) is 5.91 Å². The predicted octanol–water partition coefficient (Wildman–Crippen LogP) is 4.38. The van der Waals surface area contributed by atoms with Crippen molar-refractivity contribution in [3.05, 3.63) is 90.0 Å². The summed E-state index contributed by atoms with van der Waals surface area (Å²) >= 11 is 0. The molecule has 0 radical (unpaired) electrons. The highest BCUT2D eigenvalue weighted by atomic mass is 19.1. The minimum Gasteiger partial charge on any atom is -0.346 e. The maximum atomic E-state index is 13.0.